The number of H-pyrrole nitrogens is 1. The zero-order valence-electron chi connectivity index (χ0n) is 16.8. The van der Waals surface area contributed by atoms with Crippen LogP contribution in [0.25, 0.3) is 10.9 Å². The Morgan fingerprint density at radius 1 is 1.17 bits per heavy atom. The number of urea groups is 1. The van der Waals surface area contributed by atoms with E-state index in [2.05, 4.69) is 10.3 Å². The second-order valence-electron chi connectivity index (χ2n) is 7.96. The Morgan fingerprint density at radius 3 is 2.69 bits per heavy atom. The molecular formula is C22H28N4O3. The lowest BCUT2D eigenvalue weighted by Gasteiger charge is -2.34. The number of aromatic amines is 1. The van der Waals surface area contributed by atoms with Crippen molar-refractivity contribution in [1.82, 2.24) is 20.1 Å². The Balaban J connectivity index is 1.43. The predicted molar refractivity (Wildman–Crippen MR) is 110 cm³/mol. The van der Waals surface area contributed by atoms with E-state index in [0.717, 1.165) is 47.0 Å². The second-order valence-corrected chi connectivity index (χ2v) is 7.96. The molecule has 7 heteroatoms. The maximum atomic E-state index is 12.9. The van der Waals surface area contributed by atoms with Crippen LogP contribution in [-0.4, -0.2) is 57.8 Å². The Labute approximate surface area is 170 Å². The van der Waals surface area contributed by atoms with E-state index in [0.29, 0.717) is 13.0 Å². The molecule has 7 nitrogen and oxygen atoms in total. The van der Waals surface area contributed by atoms with Gasteiger partial charge in [-0.05, 0) is 31.4 Å². The number of imide groups is 1. The summed E-state index contributed by atoms with van der Waals surface area (Å²) in [7, 11) is 0. The molecule has 0 bridgehead atoms. The minimum absolute atomic E-state index is 0.143. The van der Waals surface area contributed by atoms with E-state index in [1.54, 1.807) is 0 Å². The number of rotatable bonds is 6. The normalized spacial score (nSPS) is 20.3. The van der Waals surface area contributed by atoms with Gasteiger partial charge in [-0.1, -0.05) is 37.5 Å². The van der Waals surface area contributed by atoms with E-state index >= 15 is 0 Å². The molecule has 2 heterocycles. The van der Waals surface area contributed by atoms with E-state index in [-0.39, 0.29) is 24.4 Å². The van der Waals surface area contributed by atoms with Gasteiger partial charge in [-0.2, -0.15) is 0 Å². The molecule has 4 rings (SSSR count). The van der Waals surface area contributed by atoms with Crippen LogP contribution in [0.1, 0.15) is 44.6 Å². The average molecular weight is 396 g/mol. The van der Waals surface area contributed by atoms with Crippen LogP contribution in [0.3, 0.4) is 0 Å². The van der Waals surface area contributed by atoms with Gasteiger partial charge in [0.15, 0.2) is 0 Å². The average Bonchev–Trinajstić information content (AvgIpc) is 3.26. The molecule has 2 fully saturated rings. The van der Waals surface area contributed by atoms with Crippen molar-refractivity contribution in [3.63, 3.8) is 0 Å². The minimum Gasteiger partial charge on any atom is -0.361 e. The lowest BCUT2D eigenvalue weighted by molar-refractivity contribution is -0.139. The maximum absolute atomic E-state index is 12.9. The van der Waals surface area contributed by atoms with Crippen LogP contribution in [0.15, 0.2) is 30.5 Å². The van der Waals surface area contributed by atoms with Crippen LogP contribution in [0.2, 0.25) is 0 Å². The summed E-state index contributed by atoms with van der Waals surface area (Å²) < 4.78 is 0. The van der Waals surface area contributed by atoms with Crippen molar-refractivity contribution in [3.8, 4) is 0 Å². The lowest BCUT2D eigenvalue weighted by atomic mass is 9.94. The fraction of sp³-hybridized carbons (Fsp3) is 0.500. The third-order valence-corrected chi connectivity index (χ3v) is 6.18. The summed E-state index contributed by atoms with van der Waals surface area (Å²) in [4.78, 5) is 44.3. The fourth-order valence-electron chi connectivity index (χ4n) is 4.64. The highest BCUT2D eigenvalue weighted by Gasteiger charge is 2.40. The molecule has 4 amide bonds. The largest absolute Gasteiger partial charge is 0.361 e. The number of hydrogen-bond donors (Lipinski definition) is 2. The molecule has 1 aliphatic carbocycles. The molecule has 1 saturated carbocycles. The predicted octanol–water partition coefficient (Wildman–Crippen LogP) is 2.81. The summed E-state index contributed by atoms with van der Waals surface area (Å²) in [5, 5.41) is 3.79. The third kappa shape index (κ3) is 3.86. The number of nitrogens with zero attached hydrogens (tertiary/aromatic N) is 2. The molecule has 0 radical (unpaired) electrons. The summed E-state index contributed by atoms with van der Waals surface area (Å²) in [5.74, 6) is -0.469. The molecule has 1 atom stereocenters. The Morgan fingerprint density at radius 2 is 1.93 bits per heavy atom. The van der Waals surface area contributed by atoms with Gasteiger partial charge in [0.2, 0.25) is 5.91 Å². The first-order valence-corrected chi connectivity index (χ1v) is 10.5. The van der Waals surface area contributed by atoms with E-state index in [1.165, 1.54) is 6.42 Å². The Kier molecular flexibility index (Phi) is 5.56. The molecule has 154 valence electrons. The van der Waals surface area contributed by atoms with Crippen molar-refractivity contribution in [1.29, 1.82) is 0 Å². The van der Waals surface area contributed by atoms with Gasteiger partial charge in [0.05, 0.1) is 0 Å². The van der Waals surface area contributed by atoms with Crippen LogP contribution in [0, 0.1) is 0 Å². The zero-order valence-corrected chi connectivity index (χ0v) is 16.8. The highest BCUT2D eigenvalue weighted by molar-refractivity contribution is 6.06. The number of benzene rings is 1. The van der Waals surface area contributed by atoms with Crippen molar-refractivity contribution in [2.75, 3.05) is 13.1 Å². The highest BCUT2D eigenvalue weighted by Crippen LogP contribution is 2.24. The van der Waals surface area contributed by atoms with Crippen molar-refractivity contribution in [2.45, 2.75) is 57.5 Å². The lowest BCUT2D eigenvalue weighted by Crippen LogP contribution is -2.47. The van der Waals surface area contributed by atoms with Crippen LogP contribution in [0.4, 0.5) is 4.79 Å². The third-order valence-electron chi connectivity index (χ3n) is 6.18. The number of aromatic nitrogens is 1. The molecule has 0 unspecified atom stereocenters. The number of amides is 4. The number of nitrogens with one attached hydrogen (secondary N) is 2. The molecule has 2 aromatic rings. The zero-order chi connectivity index (χ0) is 20.4. The first-order valence-electron chi connectivity index (χ1n) is 10.5. The molecule has 1 aromatic carbocycles. The van der Waals surface area contributed by atoms with Gasteiger partial charge >= 0.3 is 6.03 Å². The van der Waals surface area contributed by atoms with Crippen LogP contribution >= 0.6 is 0 Å². The maximum Gasteiger partial charge on any atom is 0.325 e. The molecule has 29 heavy (non-hydrogen) atoms. The molecule has 0 spiro atoms. The molecule has 1 saturated heterocycles. The van der Waals surface area contributed by atoms with E-state index in [9.17, 15) is 14.4 Å². The molecule has 2 aliphatic rings. The number of carbonyl (C=O) groups excluding carboxylic acids is 3. The fourth-order valence-corrected chi connectivity index (χ4v) is 4.64. The SMILES string of the molecule is CCN(C(=O)CN1C(=O)N[C@@H](Cc2c[nH]c3ccccc23)C1=O)C1CCCCC1. The number of likely N-dealkylation sites (N-methyl/N-ethyl adjacent to an activating group) is 1. The standard InChI is InChI=1S/C22H28N4O3/c1-2-25(16-8-4-3-5-9-16)20(27)14-26-21(28)19(24-22(26)29)12-15-13-23-18-11-7-6-10-17(15)18/h6-7,10-11,13,16,19,23H,2-5,8-9,12,14H2,1H3,(H,24,29)/t19-/m0/s1. The summed E-state index contributed by atoms with van der Waals surface area (Å²) in [5.41, 5.74) is 1.97. The van der Waals surface area contributed by atoms with Crippen LogP contribution in [0.5, 0.6) is 0 Å². The summed E-state index contributed by atoms with van der Waals surface area (Å²) >= 11 is 0. The van der Waals surface area contributed by atoms with Crippen molar-refractivity contribution < 1.29 is 14.4 Å². The van der Waals surface area contributed by atoms with E-state index in [4.69, 9.17) is 0 Å². The van der Waals surface area contributed by atoms with E-state index in [1.807, 2.05) is 42.3 Å². The monoisotopic (exact) mass is 396 g/mol. The summed E-state index contributed by atoms with van der Waals surface area (Å²) in [6.45, 7) is 2.38. The van der Waals surface area contributed by atoms with Gasteiger partial charge in [-0.25, -0.2) is 4.79 Å². The van der Waals surface area contributed by atoms with Gasteiger partial charge in [-0.15, -0.1) is 0 Å². The Hall–Kier alpha value is -2.83. The van der Waals surface area contributed by atoms with Crippen molar-refractivity contribution >= 4 is 28.7 Å². The van der Waals surface area contributed by atoms with Crippen molar-refractivity contribution in [3.05, 3.63) is 36.0 Å². The molecule has 1 aromatic heterocycles. The van der Waals surface area contributed by atoms with Gasteiger partial charge in [0.25, 0.3) is 5.91 Å². The van der Waals surface area contributed by atoms with E-state index < -0.39 is 12.1 Å². The van der Waals surface area contributed by atoms with Gasteiger partial charge in [0, 0.05) is 36.1 Å². The van der Waals surface area contributed by atoms with Gasteiger partial charge < -0.3 is 15.2 Å². The highest BCUT2D eigenvalue weighted by atomic mass is 16.2. The number of carbonyl (C=O) groups is 3. The molecule has 2 N–H and O–H groups in total. The van der Waals surface area contributed by atoms with Crippen LogP contribution in [-0.2, 0) is 16.0 Å². The van der Waals surface area contributed by atoms with Gasteiger partial charge in [0.1, 0.15) is 12.6 Å². The quantitative estimate of drug-likeness (QED) is 0.737. The minimum atomic E-state index is -0.640. The van der Waals surface area contributed by atoms with Gasteiger partial charge in [-0.3, -0.25) is 14.5 Å². The summed E-state index contributed by atoms with van der Waals surface area (Å²) in [6, 6.07) is 6.97. The topological polar surface area (TPSA) is 85.5 Å². The number of hydrogen-bond acceptors (Lipinski definition) is 3. The number of fused-ring (bicyclic) bond motifs is 1. The van der Waals surface area contributed by atoms with Crippen molar-refractivity contribution in [2.24, 2.45) is 0 Å². The smallest absolute Gasteiger partial charge is 0.325 e. The molecular weight excluding hydrogens is 368 g/mol. The summed E-state index contributed by atoms with van der Waals surface area (Å²) in [6.07, 6.45) is 7.75. The first kappa shape index (κ1) is 19.5. The first-order chi connectivity index (χ1) is 14.1. The Bertz CT molecular complexity index is 916. The van der Waals surface area contributed by atoms with Crippen LogP contribution < -0.4 is 5.32 Å². The number of para-hydroxylation sites is 1. The molecule has 1 aliphatic heterocycles. The second kappa shape index (κ2) is 8.27.